The molecule has 0 aliphatic carbocycles. The number of aliphatic hydroxyl groups is 1. The van der Waals surface area contributed by atoms with E-state index in [-0.39, 0.29) is 12.5 Å². The molecule has 2 rings (SSSR count). The molecule has 1 heterocycles. The van der Waals surface area contributed by atoms with Crippen LogP contribution in [0.3, 0.4) is 0 Å². The van der Waals surface area contributed by atoms with Crippen LogP contribution in [0.2, 0.25) is 0 Å². The van der Waals surface area contributed by atoms with E-state index in [1.54, 1.807) is 6.20 Å². The molecule has 0 spiro atoms. The Morgan fingerprint density at radius 3 is 2.56 bits per heavy atom. The quantitative estimate of drug-likeness (QED) is 0.942. The van der Waals surface area contributed by atoms with Crippen molar-refractivity contribution < 1.29 is 5.11 Å². The summed E-state index contributed by atoms with van der Waals surface area (Å²) in [6.45, 7) is 2.11. The maximum atomic E-state index is 9.29. The van der Waals surface area contributed by atoms with Gasteiger partial charge in [-0.2, -0.15) is 0 Å². The van der Waals surface area contributed by atoms with Crippen LogP contribution in [-0.4, -0.2) is 21.7 Å². The predicted molar refractivity (Wildman–Crippen MR) is 75.3 cm³/mol. The molecule has 1 aromatic heterocycles. The second kappa shape index (κ2) is 6.07. The molecule has 1 aromatic carbocycles. The maximum Gasteiger partial charge on any atom is 0.134 e. The molecule has 0 saturated carbocycles. The van der Waals surface area contributed by atoms with Gasteiger partial charge in [0.05, 0.1) is 12.3 Å². The van der Waals surface area contributed by atoms with Crippen LogP contribution in [0.15, 0.2) is 41.0 Å². The fraction of sp³-hybridized carbons (Fsp3) is 0.286. The Balaban J connectivity index is 2.34. The minimum Gasteiger partial charge on any atom is -0.396 e. The highest BCUT2D eigenvalue weighted by atomic mass is 79.9. The predicted octanol–water partition coefficient (Wildman–Crippen LogP) is 3.39. The Hall–Kier alpha value is -1.26. The summed E-state index contributed by atoms with van der Waals surface area (Å²) in [4.78, 5) is 8.77. The minimum atomic E-state index is 0.0143. The first kappa shape index (κ1) is 13.2. The van der Waals surface area contributed by atoms with Crippen LogP contribution in [0.4, 0.5) is 0 Å². The van der Waals surface area contributed by atoms with Crippen LogP contribution in [0.1, 0.15) is 25.1 Å². The number of rotatable bonds is 4. The second-order valence-electron chi connectivity index (χ2n) is 4.09. The molecule has 4 heteroatoms. The molecule has 94 valence electrons. The van der Waals surface area contributed by atoms with E-state index < -0.39 is 0 Å². The van der Waals surface area contributed by atoms with Gasteiger partial charge < -0.3 is 5.11 Å². The third-order valence-corrected chi connectivity index (χ3v) is 3.42. The fourth-order valence-corrected chi connectivity index (χ4v) is 2.01. The van der Waals surface area contributed by atoms with Crippen molar-refractivity contribution in [1.82, 2.24) is 9.97 Å². The van der Waals surface area contributed by atoms with Crippen molar-refractivity contribution in [2.75, 3.05) is 6.61 Å². The third-order valence-electron chi connectivity index (χ3n) is 2.89. The van der Waals surface area contributed by atoms with Crippen molar-refractivity contribution in [2.24, 2.45) is 0 Å². The number of halogens is 1. The standard InChI is InChI=1S/C14H15BrN2O/c1-2-10(9-18)14-16-8-7-13(17-14)11-3-5-12(15)6-4-11/h3-8,10,18H,2,9H2,1H3. The van der Waals surface area contributed by atoms with Gasteiger partial charge in [-0.05, 0) is 24.6 Å². The summed E-state index contributed by atoms with van der Waals surface area (Å²) in [5.41, 5.74) is 1.94. The van der Waals surface area contributed by atoms with Crippen LogP contribution in [0.25, 0.3) is 11.3 Å². The van der Waals surface area contributed by atoms with Crippen LogP contribution in [-0.2, 0) is 0 Å². The van der Waals surface area contributed by atoms with Gasteiger partial charge in [-0.1, -0.05) is 35.0 Å². The van der Waals surface area contributed by atoms with Gasteiger partial charge in [0.25, 0.3) is 0 Å². The van der Waals surface area contributed by atoms with E-state index in [1.165, 1.54) is 0 Å². The molecule has 1 N–H and O–H groups in total. The summed E-state index contributed by atoms with van der Waals surface area (Å²) < 4.78 is 1.04. The van der Waals surface area contributed by atoms with E-state index in [1.807, 2.05) is 37.3 Å². The first-order chi connectivity index (χ1) is 8.74. The van der Waals surface area contributed by atoms with Crippen molar-refractivity contribution in [1.29, 1.82) is 0 Å². The molecule has 0 aliphatic heterocycles. The summed E-state index contributed by atoms with van der Waals surface area (Å²) >= 11 is 3.41. The van der Waals surface area contributed by atoms with E-state index in [0.29, 0.717) is 5.82 Å². The fourth-order valence-electron chi connectivity index (χ4n) is 1.75. The van der Waals surface area contributed by atoms with Gasteiger partial charge in [-0.3, -0.25) is 0 Å². The Labute approximate surface area is 115 Å². The molecular formula is C14H15BrN2O. The van der Waals surface area contributed by atoms with Crippen molar-refractivity contribution in [2.45, 2.75) is 19.3 Å². The van der Waals surface area contributed by atoms with E-state index in [9.17, 15) is 5.11 Å². The highest BCUT2D eigenvalue weighted by Gasteiger charge is 2.12. The lowest BCUT2D eigenvalue weighted by Gasteiger charge is -2.11. The van der Waals surface area contributed by atoms with Crippen LogP contribution in [0, 0.1) is 0 Å². The number of benzene rings is 1. The summed E-state index contributed by atoms with van der Waals surface area (Å²) in [5, 5.41) is 9.29. The first-order valence-electron chi connectivity index (χ1n) is 5.94. The largest absolute Gasteiger partial charge is 0.396 e. The number of aromatic nitrogens is 2. The van der Waals surface area contributed by atoms with Gasteiger partial charge >= 0.3 is 0 Å². The Bertz CT molecular complexity index is 509. The smallest absolute Gasteiger partial charge is 0.134 e. The van der Waals surface area contributed by atoms with Crippen molar-refractivity contribution in [3.63, 3.8) is 0 Å². The minimum absolute atomic E-state index is 0.0143. The number of hydrogen-bond donors (Lipinski definition) is 1. The lowest BCUT2D eigenvalue weighted by Crippen LogP contribution is -2.08. The second-order valence-corrected chi connectivity index (χ2v) is 5.01. The first-order valence-corrected chi connectivity index (χ1v) is 6.73. The molecule has 0 bridgehead atoms. The average Bonchev–Trinajstić information content (AvgIpc) is 2.41. The molecular weight excluding hydrogens is 292 g/mol. The van der Waals surface area contributed by atoms with Gasteiger partial charge in [-0.15, -0.1) is 0 Å². The zero-order chi connectivity index (χ0) is 13.0. The Kier molecular flexibility index (Phi) is 4.44. The summed E-state index contributed by atoms with van der Waals surface area (Å²) in [6, 6.07) is 9.88. The zero-order valence-corrected chi connectivity index (χ0v) is 11.8. The summed E-state index contributed by atoms with van der Waals surface area (Å²) in [5.74, 6) is 0.723. The number of hydrogen-bond acceptors (Lipinski definition) is 3. The molecule has 1 unspecified atom stereocenters. The van der Waals surface area contributed by atoms with E-state index in [2.05, 4.69) is 25.9 Å². The topological polar surface area (TPSA) is 46.0 Å². The van der Waals surface area contributed by atoms with Crippen molar-refractivity contribution >= 4 is 15.9 Å². The van der Waals surface area contributed by atoms with E-state index >= 15 is 0 Å². The maximum absolute atomic E-state index is 9.29. The molecule has 1 atom stereocenters. The SMILES string of the molecule is CCC(CO)c1nccc(-c2ccc(Br)cc2)n1. The van der Waals surface area contributed by atoms with Gasteiger partial charge in [0, 0.05) is 22.2 Å². The van der Waals surface area contributed by atoms with Crippen molar-refractivity contribution in [3.8, 4) is 11.3 Å². The third kappa shape index (κ3) is 2.94. The lowest BCUT2D eigenvalue weighted by molar-refractivity contribution is 0.257. The molecule has 0 radical (unpaired) electrons. The monoisotopic (exact) mass is 306 g/mol. The van der Waals surface area contributed by atoms with E-state index in [0.717, 1.165) is 22.2 Å². The normalized spacial score (nSPS) is 12.4. The molecule has 0 aliphatic rings. The lowest BCUT2D eigenvalue weighted by atomic mass is 10.1. The molecule has 3 nitrogen and oxygen atoms in total. The van der Waals surface area contributed by atoms with E-state index in [4.69, 9.17) is 0 Å². The Morgan fingerprint density at radius 2 is 1.94 bits per heavy atom. The zero-order valence-electron chi connectivity index (χ0n) is 10.2. The van der Waals surface area contributed by atoms with Gasteiger partial charge in [0.15, 0.2) is 0 Å². The van der Waals surface area contributed by atoms with Gasteiger partial charge in [0.2, 0.25) is 0 Å². The highest BCUT2D eigenvalue weighted by Crippen LogP contribution is 2.22. The van der Waals surface area contributed by atoms with Gasteiger partial charge in [-0.25, -0.2) is 9.97 Å². The molecule has 0 amide bonds. The summed E-state index contributed by atoms with van der Waals surface area (Å²) in [7, 11) is 0. The van der Waals surface area contributed by atoms with Crippen LogP contribution in [0.5, 0.6) is 0 Å². The van der Waals surface area contributed by atoms with Crippen LogP contribution >= 0.6 is 15.9 Å². The summed E-state index contributed by atoms with van der Waals surface area (Å²) in [6.07, 6.45) is 2.58. The highest BCUT2D eigenvalue weighted by molar-refractivity contribution is 9.10. The number of aliphatic hydroxyl groups excluding tert-OH is 1. The Morgan fingerprint density at radius 1 is 1.22 bits per heavy atom. The molecule has 2 aromatic rings. The van der Waals surface area contributed by atoms with Crippen LogP contribution < -0.4 is 0 Å². The van der Waals surface area contributed by atoms with Gasteiger partial charge in [0.1, 0.15) is 5.82 Å². The molecule has 18 heavy (non-hydrogen) atoms. The molecule has 0 saturated heterocycles. The average molecular weight is 307 g/mol. The molecule has 0 fully saturated rings. The van der Waals surface area contributed by atoms with Crippen molar-refractivity contribution in [3.05, 3.63) is 46.8 Å². The number of nitrogens with zero attached hydrogens (tertiary/aromatic N) is 2.